The molecule has 0 heterocycles. The predicted octanol–water partition coefficient (Wildman–Crippen LogP) is 3.66. The van der Waals surface area contributed by atoms with Crippen LogP contribution in [0.2, 0.25) is 0 Å². The number of benzene rings is 1. The Bertz CT molecular complexity index is 382. The number of amides is 1. The third-order valence-electron chi connectivity index (χ3n) is 2.83. The van der Waals surface area contributed by atoms with E-state index in [1.807, 2.05) is 24.3 Å². The number of ether oxygens (including phenoxy) is 1. The average Bonchev–Trinajstić information content (AvgIpc) is 2.45. The Kier molecular flexibility index (Phi) is 8.30. The van der Waals surface area contributed by atoms with Gasteiger partial charge in [-0.25, -0.2) is 0 Å². The molecule has 0 radical (unpaired) electrons. The van der Waals surface area contributed by atoms with Crippen molar-refractivity contribution in [1.82, 2.24) is 5.32 Å². The Morgan fingerprint density at radius 1 is 1.26 bits per heavy atom. The number of rotatable bonds is 9. The number of nitrogens with one attached hydrogen (secondary N) is 1. The molecule has 0 unspecified atom stereocenters. The molecule has 0 aliphatic rings. The fourth-order valence-corrected chi connectivity index (χ4v) is 1.94. The molecular weight excluding hydrogens is 306 g/mol. The van der Waals surface area contributed by atoms with Gasteiger partial charge in [-0.3, -0.25) is 4.79 Å². The zero-order chi connectivity index (χ0) is 13.9. The summed E-state index contributed by atoms with van der Waals surface area (Å²) in [6.07, 6.45) is 4.77. The van der Waals surface area contributed by atoms with Crippen LogP contribution >= 0.6 is 15.9 Å². The Balaban J connectivity index is 2.41. The Hall–Kier alpha value is -1.03. The fourth-order valence-electron chi connectivity index (χ4n) is 1.74. The van der Waals surface area contributed by atoms with E-state index in [0.29, 0.717) is 11.9 Å². The van der Waals surface area contributed by atoms with E-state index in [1.165, 1.54) is 19.3 Å². The van der Waals surface area contributed by atoms with Gasteiger partial charge >= 0.3 is 0 Å². The minimum atomic E-state index is -0.0160. The summed E-state index contributed by atoms with van der Waals surface area (Å²) in [5.74, 6) is 0.853. The molecule has 0 bridgehead atoms. The van der Waals surface area contributed by atoms with Crippen LogP contribution in [0.3, 0.4) is 0 Å². The van der Waals surface area contributed by atoms with Crippen LogP contribution in [0, 0.1) is 0 Å². The molecule has 3 nitrogen and oxygen atoms in total. The maximum Gasteiger partial charge on any atom is 0.230 e. The van der Waals surface area contributed by atoms with Gasteiger partial charge in [-0.15, -0.1) is 0 Å². The lowest BCUT2D eigenvalue weighted by atomic mass is 10.2. The van der Waals surface area contributed by atoms with Crippen LogP contribution in [-0.4, -0.2) is 17.8 Å². The maximum absolute atomic E-state index is 11.2. The van der Waals surface area contributed by atoms with Crippen molar-refractivity contribution in [2.45, 2.75) is 39.2 Å². The summed E-state index contributed by atoms with van der Waals surface area (Å²) in [5.41, 5.74) is 1.02. The largest absolute Gasteiger partial charge is 0.493 e. The molecule has 4 heteroatoms. The van der Waals surface area contributed by atoms with Gasteiger partial charge in [0.25, 0.3) is 0 Å². The molecule has 0 aliphatic carbocycles. The molecule has 1 rings (SSSR count). The Morgan fingerprint density at radius 2 is 2.05 bits per heavy atom. The van der Waals surface area contributed by atoms with Crippen molar-refractivity contribution < 1.29 is 9.53 Å². The van der Waals surface area contributed by atoms with Crippen molar-refractivity contribution in [2.24, 2.45) is 0 Å². The van der Waals surface area contributed by atoms with Crippen molar-refractivity contribution in [2.75, 3.05) is 11.9 Å². The van der Waals surface area contributed by atoms with Crippen LogP contribution in [0.4, 0.5) is 0 Å². The molecule has 0 aromatic heterocycles. The van der Waals surface area contributed by atoms with Gasteiger partial charge in [-0.2, -0.15) is 0 Å². The highest BCUT2D eigenvalue weighted by atomic mass is 79.9. The van der Waals surface area contributed by atoms with E-state index in [1.54, 1.807) is 0 Å². The molecule has 1 N–H and O–H groups in total. The van der Waals surface area contributed by atoms with Crippen molar-refractivity contribution >= 4 is 21.8 Å². The lowest BCUT2D eigenvalue weighted by Gasteiger charge is -2.11. The van der Waals surface area contributed by atoms with Gasteiger partial charge in [-0.05, 0) is 12.5 Å². The first-order valence-electron chi connectivity index (χ1n) is 6.81. The van der Waals surface area contributed by atoms with Crippen molar-refractivity contribution in [3.05, 3.63) is 29.8 Å². The second kappa shape index (κ2) is 9.84. The molecule has 106 valence electrons. The molecule has 0 fully saturated rings. The van der Waals surface area contributed by atoms with E-state index >= 15 is 0 Å². The zero-order valence-electron chi connectivity index (χ0n) is 11.5. The first kappa shape index (κ1) is 16.0. The molecule has 0 atom stereocenters. The van der Waals surface area contributed by atoms with Crippen LogP contribution in [-0.2, 0) is 11.3 Å². The van der Waals surface area contributed by atoms with Crippen LogP contribution in [0.5, 0.6) is 5.75 Å². The van der Waals surface area contributed by atoms with E-state index in [2.05, 4.69) is 28.2 Å². The normalized spacial score (nSPS) is 10.2. The van der Waals surface area contributed by atoms with Crippen LogP contribution in [0.15, 0.2) is 24.3 Å². The summed E-state index contributed by atoms with van der Waals surface area (Å²) >= 11 is 3.13. The molecule has 0 aliphatic heterocycles. The van der Waals surface area contributed by atoms with Crippen molar-refractivity contribution in [1.29, 1.82) is 0 Å². The molecule has 0 spiro atoms. The standard InChI is InChI=1S/C15H22BrNO2/c1-2-3-4-7-10-19-14-9-6-5-8-13(14)12-17-15(18)11-16/h5-6,8-9H,2-4,7,10-12H2,1H3,(H,17,18). The Labute approximate surface area is 123 Å². The first-order chi connectivity index (χ1) is 9.27. The third kappa shape index (κ3) is 6.62. The van der Waals surface area contributed by atoms with Crippen LogP contribution in [0.25, 0.3) is 0 Å². The molecule has 1 aromatic carbocycles. The van der Waals surface area contributed by atoms with Crippen molar-refractivity contribution in [3.8, 4) is 5.75 Å². The molecule has 1 amide bonds. The van der Waals surface area contributed by atoms with Gasteiger partial charge in [-0.1, -0.05) is 60.3 Å². The quantitative estimate of drug-likeness (QED) is 0.555. The zero-order valence-corrected chi connectivity index (χ0v) is 13.0. The number of carbonyl (C=O) groups is 1. The van der Waals surface area contributed by atoms with Crippen molar-refractivity contribution in [3.63, 3.8) is 0 Å². The number of hydrogen-bond acceptors (Lipinski definition) is 2. The summed E-state index contributed by atoms with van der Waals surface area (Å²) in [6.45, 7) is 3.45. The second-order valence-electron chi connectivity index (χ2n) is 4.43. The summed E-state index contributed by atoms with van der Waals surface area (Å²) in [5, 5.41) is 3.16. The monoisotopic (exact) mass is 327 g/mol. The number of hydrogen-bond donors (Lipinski definition) is 1. The average molecular weight is 328 g/mol. The van der Waals surface area contributed by atoms with E-state index in [-0.39, 0.29) is 5.91 Å². The summed E-state index contributed by atoms with van der Waals surface area (Å²) < 4.78 is 5.79. The highest BCUT2D eigenvalue weighted by Crippen LogP contribution is 2.18. The minimum Gasteiger partial charge on any atom is -0.493 e. The van der Waals surface area contributed by atoms with Crippen LogP contribution in [0.1, 0.15) is 38.2 Å². The summed E-state index contributed by atoms with van der Waals surface area (Å²) in [4.78, 5) is 11.2. The van der Waals surface area contributed by atoms with E-state index in [4.69, 9.17) is 4.74 Å². The van der Waals surface area contributed by atoms with E-state index < -0.39 is 0 Å². The molecule has 19 heavy (non-hydrogen) atoms. The number of carbonyl (C=O) groups excluding carboxylic acids is 1. The van der Waals surface area contributed by atoms with Crippen LogP contribution < -0.4 is 10.1 Å². The van der Waals surface area contributed by atoms with Gasteiger partial charge in [0.05, 0.1) is 11.9 Å². The number of alkyl halides is 1. The first-order valence-corrected chi connectivity index (χ1v) is 7.93. The lowest BCUT2D eigenvalue weighted by Crippen LogP contribution is -2.23. The number of unbranched alkanes of at least 4 members (excludes halogenated alkanes) is 3. The van der Waals surface area contributed by atoms with Gasteiger partial charge in [0.2, 0.25) is 5.91 Å². The molecule has 0 saturated heterocycles. The highest BCUT2D eigenvalue weighted by Gasteiger charge is 2.04. The molecule has 0 saturated carbocycles. The number of para-hydroxylation sites is 1. The maximum atomic E-state index is 11.2. The molecule has 1 aromatic rings. The minimum absolute atomic E-state index is 0.0160. The van der Waals surface area contributed by atoms with E-state index in [0.717, 1.165) is 24.3 Å². The fraction of sp³-hybridized carbons (Fsp3) is 0.533. The smallest absolute Gasteiger partial charge is 0.230 e. The van der Waals surface area contributed by atoms with Gasteiger partial charge in [0, 0.05) is 12.1 Å². The Morgan fingerprint density at radius 3 is 2.79 bits per heavy atom. The van der Waals surface area contributed by atoms with Gasteiger partial charge in [0.15, 0.2) is 0 Å². The predicted molar refractivity (Wildman–Crippen MR) is 81.7 cm³/mol. The van der Waals surface area contributed by atoms with E-state index in [9.17, 15) is 4.79 Å². The summed E-state index contributed by atoms with van der Waals surface area (Å²) in [6, 6.07) is 7.85. The molecular formula is C15H22BrNO2. The number of halogens is 1. The van der Waals surface area contributed by atoms with Gasteiger partial charge in [0.1, 0.15) is 5.75 Å². The summed E-state index contributed by atoms with van der Waals surface area (Å²) in [7, 11) is 0. The highest BCUT2D eigenvalue weighted by molar-refractivity contribution is 9.09. The lowest BCUT2D eigenvalue weighted by molar-refractivity contribution is -0.118. The topological polar surface area (TPSA) is 38.3 Å². The third-order valence-corrected chi connectivity index (χ3v) is 3.33. The van der Waals surface area contributed by atoms with Gasteiger partial charge < -0.3 is 10.1 Å². The SMILES string of the molecule is CCCCCCOc1ccccc1CNC(=O)CBr. The second-order valence-corrected chi connectivity index (χ2v) is 4.99.